The summed E-state index contributed by atoms with van der Waals surface area (Å²) in [4.78, 5) is 16.2. The summed E-state index contributed by atoms with van der Waals surface area (Å²) in [5.74, 6) is -0.416. The van der Waals surface area contributed by atoms with Crippen LogP contribution < -0.4 is 5.32 Å². The monoisotopic (exact) mass is 276 g/mol. The number of nitrogens with zero attached hydrogens (tertiary/aromatic N) is 2. The second kappa shape index (κ2) is 5.03. The van der Waals surface area contributed by atoms with Crippen molar-refractivity contribution in [2.24, 2.45) is 0 Å². The Kier molecular flexibility index (Phi) is 3.57. The molecule has 0 aliphatic heterocycles. The Morgan fingerprint density at radius 1 is 1.35 bits per heavy atom. The molecule has 0 saturated heterocycles. The summed E-state index contributed by atoms with van der Waals surface area (Å²) >= 11 is 0. The molecule has 106 valence electrons. The van der Waals surface area contributed by atoms with Crippen molar-refractivity contribution in [2.45, 2.75) is 33.1 Å². The molecule has 0 spiro atoms. The summed E-state index contributed by atoms with van der Waals surface area (Å²) in [6.45, 7) is 7.58. The molecule has 0 aliphatic rings. The topological polar surface area (TPSA) is 70.7 Å². The Bertz CT molecular complexity index is 623. The van der Waals surface area contributed by atoms with E-state index in [4.69, 9.17) is 0 Å². The third kappa shape index (κ3) is 2.84. The summed E-state index contributed by atoms with van der Waals surface area (Å²) in [6.07, 6.45) is 0. The predicted octanol–water partition coefficient (Wildman–Crippen LogP) is 2.80. The number of carbonyl (C=O) groups excluding carboxylic acids is 1. The van der Waals surface area contributed by atoms with Crippen LogP contribution in [0.25, 0.3) is 0 Å². The lowest BCUT2D eigenvalue weighted by atomic mass is 9.96. The van der Waals surface area contributed by atoms with Gasteiger partial charge in [0, 0.05) is 5.41 Å². The van der Waals surface area contributed by atoms with E-state index in [1.165, 1.54) is 6.07 Å². The minimum absolute atomic E-state index is 0.00224. The van der Waals surface area contributed by atoms with E-state index in [0.29, 0.717) is 11.4 Å². The highest BCUT2D eigenvalue weighted by atomic mass is 19.1. The largest absolute Gasteiger partial charge is 0.316 e. The number of nitrogens with one attached hydrogen (secondary N) is 2. The van der Waals surface area contributed by atoms with E-state index in [1.54, 1.807) is 19.1 Å². The van der Waals surface area contributed by atoms with Gasteiger partial charge < -0.3 is 5.32 Å². The van der Waals surface area contributed by atoms with Crippen LogP contribution in [0.4, 0.5) is 10.1 Å². The highest BCUT2D eigenvalue weighted by Gasteiger charge is 2.22. The van der Waals surface area contributed by atoms with Crippen LogP contribution >= 0.6 is 0 Å². The lowest BCUT2D eigenvalue weighted by Crippen LogP contribution is -2.17. The van der Waals surface area contributed by atoms with Crippen LogP contribution in [0, 0.1) is 12.7 Å². The predicted molar refractivity (Wildman–Crippen MR) is 74.2 cm³/mol. The van der Waals surface area contributed by atoms with Crippen molar-refractivity contribution in [3.8, 4) is 0 Å². The lowest BCUT2D eigenvalue weighted by molar-refractivity contribution is 0.101. The van der Waals surface area contributed by atoms with Gasteiger partial charge in [-0.3, -0.25) is 9.89 Å². The van der Waals surface area contributed by atoms with E-state index in [1.807, 2.05) is 20.8 Å². The number of aromatic amines is 1. The molecule has 1 aromatic carbocycles. The second-order valence-electron chi connectivity index (χ2n) is 5.64. The van der Waals surface area contributed by atoms with Gasteiger partial charge in [0.2, 0.25) is 5.82 Å². The van der Waals surface area contributed by atoms with Crippen molar-refractivity contribution in [2.75, 3.05) is 5.32 Å². The number of hydrogen-bond donors (Lipinski definition) is 2. The first kappa shape index (κ1) is 14.2. The number of para-hydroxylation sites is 1. The number of halogens is 1. The van der Waals surface area contributed by atoms with Crippen molar-refractivity contribution in [3.05, 3.63) is 41.2 Å². The summed E-state index contributed by atoms with van der Waals surface area (Å²) < 4.78 is 13.7. The molecule has 1 amide bonds. The Morgan fingerprint density at radius 3 is 2.60 bits per heavy atom. The molecule has 0 radical (unpaired) electrons. The molecule has 0 fully saturated rings. The van der Waals surface area contributed by atoms with Gasteiger partial charge in [0.15, 0.2) is 0 Å². The van der Waals surface area contributed by atoms with Gasteiger partial charge in [0.25, 0.3) is 5.91 Å². The molecule has 0 bridgehead atoms. The smallest absolute Gasteiger partial charge is 0.295 e. The molecule has 2 N–H and O–H groups in total. The van der Waals surface area contributed by atoms with Crippen LogP contribution in [0.5, 0.6) is 0 Å². The fraction of sp³-hybridized carbons (Fsp3) is 0.357. The molecule has 6 heteroatoms. The van der Waals surface area contributed by atoms with Gasteiger partial charge in [-0.15, -0.1) is 5.10 Å². The zero-order chi connectivity index (χ0) is 14.9. The van der Waals surface area contributed by atoms with Gasteiger partial charge >= 0.3 is 0 Å². The average Bonchev–Trinajstić information content (AvgIpc) is 2.83. The van der Waals surface area contributed by atoms with Crippen LogP contribution in [0.1, 0.15) is 42.8 Å². The van der Waals surface area contributed by atoms with E-state index >= 15 is 0 Å². The quantitative estimate of drug-likeness (QED) is 0.886. The summed E-state index contributed by atoms with van der Waals surface area (Å²) in [5, 5.41) is 9.09. The number of benzene rings is 1. The van der Waals surface area contributed by atoms with Gasteiger partial charge in [-0.1, -0.05) is 32.9 Å². The summed E-state index contributed by atoms with van der Waals surface area (Å²) in [6, 6.07) is 4.60. The third-order valence-electron chi connectivity index (χ3n) is 2.86. The molecule has 1 aromatic heterocycles. The van der Waals surface area contributed by atoms with Crippen LogP contribution in [0.3, 0.4) is 0 Å². The number of aromatic nitrogens is 3. The maximum absolute atomic E-state index is 13.7. The van der Waals surface area contributed by atoms with Gasteiger partial charge in [0.1, 0.15) is 11.6 Å². The standard InChI is InChI=1S/C14H17FN4O/c1-8-6-5-7-9(15)10(8)16-12(20)11-17-13(19-18-11)14(2,3)4/h5-7H,1-4H3,(H,16,20)(H,17,18,19). The number of hydrogen-bond acceptors (Lipinski definition) is 3. The SMILES string of the molecule is Cc1cccc(F)c1NC(=O)c1n[nH]c(C(C)(C)C)n1. The highest BCUT2D eigenvalue weighted by Crippen LogP contribution is 2.20. The van der Waals surface area contributed by atoms with Crippen molar-refractivity contribution < 1.29 is 9.18 Å². The number of anilines is 1. The molecule has 5 nitrogen and oxygen atoms in total. The Labute approximate surface area is 116 Å². The van der Waals surface area contributed by atoms with Crippen molar-refractivity contribution in [1.82, 2.24) is 15.2 Å². The van der Waals surface area contributed by atoms with Gasteiger partial charge in [-0.05, 0) is 18.6 Å². The third-order valence-corrected chi connectivity index (χ3v) is 2.86. The van der Waals surface area contributed by atoms with Gasteiger partial charge in [0.05, 0.1) is 5.69 Å². The maximum atomic E-state index is 13.7. The molecule has 1 heterocycles. The van der Waals surface area contributed by atoms with Crippen LogP contribution in [-0.4, -0.2) is 21.1 Å². The first-order valence-electron chi connectivity index (χ1n) is 6.28. The summed E-state index contributed by atoms with van der Waals surface area (Å²) in [7, 11) is 0. The van der Waals surface area contributed by atoms with Gasteiger partial charge in [-0.2, -0.15) is 0 Å². The van der Waals surface area contributed by atoms with Crippen molar-refractivity contribution in [1.29, 1.82) is 0 Å². The van der Waals surface area contributed by atoms with Crippen molar-refractivity contribution in [3.63, 3.8) is 0 Å². The molecule has 2 aromatic rings. The van der Waals surface area contributed by atoms with E-state index < -0.39 is 11.7 Å². The zero-order valence-corrected chi connectivity index (χ0v) is 11.9. The van der Waals surface area contributed by atoms with Gasteiger partial charge in [-0.25, -0.2) is 9.37 Å². The Balaban J connectivity index is 2.23. The minimum atomic E-state index is -0.537. The summed E-state index contributed by atoms with van der Waals surface area (Å²) in [5.41, 5.74) is 0.559. The molecule has 0 saturated carbocycles. The average molecular weight is 276 g/mol. The number of rotatable bonds is 2. The highest BCUT2D eigenvalue weighted by molar-refractivity contribution is 6.02. The first-order chi connectivity index (χ1) is 9.29. The van der Waals surface area contributed by atoms with Crippen molar-refractivity contribution >= 4 is 11.6 Å². The molecule has 2 rings (SSSR count). The number of aryl methyl sites for hydroxylation is 1. The number of amides is 1. The minimum Gasteiger partial charge on any atom is -0.316 e. The van der Waals surface area contributed by atoms with E-state index in [9.17, 15) is 9.18 Å². The Morgan fingerprint density at radius 2 is 2.05 bits per heavy atom. The van der Waals surface area contributed by atoms with Crippen LogP contribution in [-0.2, 0) is 5.41 Å². The van der Waals surface area contributed by atoms with E-state index in [2.05, 4.69) is 20.5 Å². The molecule has 0 aliphatic carbocycles. The number of H-pyrrole nitrogens is 1. The van der Waals surface area contributed by atoms with E-state index in [0.717, 1.165) is 0 Å². The normalized spacial score (nSPS) is 11.4. The van der Waals surface area contributed by atoms with E-state index in [-0.39, 0.29) is 16.9 Å². The Hall–Kier alpha value is -2.24. The molecule has 0 unspecified atom stereocenters. The van der Waals surface area contributed by atoms with Crippen LogP contribution in [0.2, 0.25) is 0 Å². The molecular weight excluding hydrogens is 259 g/mol. The molecule has 0 atom stereocenters. The second-order valence-corrected chi connectivity index (χ2v) is 5.64. The zero-order valence-electron chi connectivity index (χ0n) is 11.9. The maximum Gasteiger partial charge on any atom is 0.295 e. The molecule has 20 heavy (non-hydrogen) atoms. The molecular formula is C14H17FN4O. The fourth-order valence-corrected chi connectivity index (χ4v) is 1.66. The lowest BCUT2D eigenvalue weighted by Gasteiger charge is -2.12. The fourth-order valence-electron chi connectivity index (χ4n) is 1.66. The number of carbonyl (C=O) groups is 1. The first-order valence-corrected chi connectivity index (χ1v) is 6.28. The van der Waals surface area contributed by atoms with Crippen LogP contribution in [0.15, 0.2) is 18.2 Å².